The van der Waals surface area contributed by atoms with Crippen molar-refractivity contribution in [1.82, 2.24) is 0 Å². The van der Waals surface area contributed by atoms with Gasteiger partial charge in [0.05, 0.1) is 15.6 Å². The van der Waals surface area contributed by atoms with Gasteiger partial charge in [-0.15, -0.1) is 0 Å². The first-order valence-electron chi connectivity index (χ1n) is 8.34. The molecular formula is C20H16BrF3O3. The molecule has 1 aliphatic carbocycles. The molecule has 0 fully saturated rings. The van der Waals surface area contributed by atoms with Crippen LogP contribution in [0, 0.1) is 0 Å². The summed E-state index contributed by atoms with van der Waals surface area (Å²) in [7, 11) is 0. The molecule has 27 heavy (non-hydrogen) atoms. The molecule has 2 aromatic carbocycles. The summed E-state index contributed by atoms with van der Waals surface area (Å²) in [4.78, 5) is 12.1. The summed E-state index contributed by atoms with van der Waals surface area (Å²) in [6.45, 7) is 1.93. The second kappa shape index (κ2) is 7.38. The largest absolute Gasteiger partial charge is 0.512 e. The van der Waals surface area contributed by atoms with Gasteiger partial charge in [0.15, 0.2) is 5.78 Å². The monoisotopic (exact) mass is 440 g/mol. The van der Waals surface area contributed by atoms with Crippen LogP contribution in [0.5, 0.6) is 11.5 Å². The van der Waals surface area contributed by atoms with Crippen molar-refractivity contribution < 1.29 is 27.8 Å². The van der Waals surface area contributed by atoms with Crippen molar-refractivity contribution in [2.24, 2.45) is 0 Å². The highest BCUT2D eigenvalue weighted by molar-refractivity contribution is 9.10. The number of aliphatic hydroxyl groups excluding tert-OH is 1. The van der Waals surface area contributed by atoms with E-state index < -0.39 is 11.7 Å². The molecule has 0 radical (unpaired) electrons. The van der Waals surface area contributed by atoms with Gasteiger partial charge in [-0.25, -0.2) is 0 Å². The molecular weight excluding hydrogens is 425 g/mol. The molecule has 3 rings (SSSR count). The van der Waals surface area contributed by atoms with E-state index in [0.29, 0.717) is 29.7 Å². The van der Waals surface area contributed by atoms with Gasteiger partial charge < -0.3 is 9.84 Å². The zero-order valence-corrected chi connectivity index (χ0v) is 15.9. The fourth-order valence-corrected chi connectivity index (χ4v) is 3.46. The molecule has 0 saturated carbocycles. The molecule has 2 aromatic rings. The fraction of sp³-hybridized carbons (Fsp3) is 0.250. The van der Waals surface area contributed by atoms with Crippen molar-refractivity contribution in [3.63, 3.8) is 0 Å². The van der Waals surface area contributed by atoms with Crippen molar-refractivity contribution in [2.75, 3.05) is 0 Å². The van der Waals surface area contributed by atoms with E-state index in [1.165, 1.54) is 6.07 Å². The number of aliphatic hydroxyl groups is 1. The third-order valence-electron chi connectivity index (χ3n) is 4.37. The van der Waals surface area contributed by atoms with Gasteiger partial charge >= 0.3 is 6.18 Å². The minimum absolute atomic E-state index is 0.0579. The van der Waals surface area contributed by atoms with E-state index >= 15 is 0 Å². The third-order valence-corrected chi connectivity index (χ3v) is 4.99. The number of carbonyl (C=O) groups excluding carboxylic acids is 1. The number of halogens is 4. The van der Waals surface area contributed by atoms with E-state index in [2.05, 4.69) is 15.9 Å². The van der Waals surface area contributed by atoms with Crippen LogP contribution in [0.3, 0.4) is 0 Å². The first-order valence-corrected chi connectivity index (χ1v) is 9.13. The van der Waals surface area contributed by atoms with Gasteiger partial charge in [-0.1, -0.05) is 13.0 Å². The highest BCUT2D eigenvalue weighted by Gasteiger charge is 2.31. The van der Waals surface area contributed by atoms with Crippen LogP contribution in [0.4, 0.5) is 13.2 Å². The summed E-state index contributed by atoms with van der Waals surface area (Å²) in [5, 5.41) is 10.1. The fourth-order valence-electron chi connectivity index (χ4n) is 3.00. The Balaban J connectivity index is 1.96. The maximum Gasteiger partial charge on any atom is 0.416 e. The lowest BCUT2D eigenvalue weighted by Gasteiger charge is -2.14. The number of carbonyl (C=O) groups is 1. The molecule has 7 heteroatoms. The standard InChI is InChI=1S/C20H16BrF3O3/c1-2-11-3-5-13(10-14(11)19-16(25)6-7-17(19)26)27-18-8-4-12(9-15(18)21)20(22,23)24/h3-5,8-10,25H,2,6-7H2,1H3. The molecule has 0 atom stereocenters. The van der Waals surface area contributed by atoms with Crippen LogP contribution in [-0.2, 0) is 17.4 Å². The van der Waals surface area contributed by atoms with Gasteiger partial charge in [0.2, 0.25) is 0 Å². The smallest absolute Gasteiger partial charge is 0.416 e. The van der Waals surface area contributed by atoms with Crippen molar-refractivity contribution in [3.8, 4) is 11.5 Å². The molecule has 1 N–H and O–H groups in total. The lowest BCUT2D eigenvalue weighted by molar-refractivity contribution is -0.137. The minimum atomic E-state index is -4.44. The molecule has 0 bridgehead atoms. The van der Waals surface area contributed by atoms with Crippen LogP contribution < -0.4 is 4.74 Å². The number of hydrogen-bond donors (Lipinski definition) is 1. The number of ether oxygens (including phenoxy) is 1. The summed E-state index contributed by atoms with van der Waals surface area (Å²) in [6.07, 6.45) is -3.21. The van der Waals surface area contributed by atoms with Gasteiger partial charge in [-0.3, -0.25) is 4.79 Å². The van der Waals surface area contributed by atoms with Crippen molar-refractivity contribution in [2.45, 2.75) is 32.4 Å². The van der Waals surface area contributed by atoms with Crippen LogP contribution in [0.1, 0.15) is 36.5 Å². The van der Waals surface area contributed by atoms with Crippen LogP contribution in [0.2, 0.25) is 0 Å². The van der Waals surface area contributed by atoms with Crippen molar-refractivity contribution >= 4 is 27.3 Å². The van der Waals surface area contributed by atoms with Crippen molar-refractivity contribution in [1.29, 1.82) is 0 Å². The SMILES string of the molecule is CCc1ccc(Oc2ccc(C(F)(F)F)cc2Br)cc1C1=C(O)CCC1=O. The zero-order chi connectivity index (χ0) is 19.8. The number of ketones is 1. The second-order valence-electron chi connectivity index (χ2n) is 6.16. The van der Waals surface area contributed by atoms with Crippen molar-refractivity contribution in [3.05, 3.63) is 63.3 Å². The van der Waals surface area contributed by atoms with E-state index in [4.69, 9.17) is 4.74 Å². The van der Waals surface area contributed by atoms with E-state index in [-0.39, 0.29) is 28.2 Å². The number of Topliss-reactive ketones (excluding diaryl/α,β-unsaturated/α-hetero) is 1. The Morgan fingerprint density at radius 1 is 1.15 bits per heavy atom. The normalized spacial score (nSPS) is 14.8. The summed E-state index contributed by atoms with van der Waals surface area (Å²) in [5.74, 6) is 0.509. The number of aryl methyl sites for hydroxylation is 1. The Kier molecular flexibility index (Phi) is 5.33. The molecule has 0 spiro atoms. The molecule has 0 amide bonds. The quantitative estimate of drug-likeness (QED) is 0.593. The topological polar surface area (TPSA) is 46.5 Å². The number of rotatable bonds is 4. The molecule has 1 aliphatic rings. The van der Waals surface area contributed by atoms with Gasteiger partial charge in [-0.05, 0) is 63.8 Å². The number of hydrogen-bond acceptors (Lipinski definition) is 3. The predicted molar refractivity (Wildman–Crippen MR) is 98.8 cm³/mol. The third kappa shape index (κ3) is 4.03. The zero-order valence-electron chi connectivity index (χ0n) is 14.4. The van der Waals surface area contributed by atoms with Crippen LogP contribution in [-0.4, -0.2) is 10.9 Å². The molecule has 0 unspecified atom stereocenters. The van der Waals surface area contributed by atoms with Gasteiger partial charge in [0.25, 0.3) is 0 Å². The Hall–Kier alpha value is -2.28. The molecule has 0 heterocycles. The highest BCUT2D eigenvalue weighted by atomic mass is 79.9. The molecule has 142 valence electrons. The summed E-state index contributed by atoms with van der Waals surface area (Å²) in [6, 6.07) is 8.23. The van der Waals surface area contributed by atoms with Crippen LogP contribution >= 0.6 is 15.9 Å². The van der Waals surface area contributed by atoms with E-state index in [1.54, 1.807) is 18.2 Å². The van der Waals surface area contributed by atoms with E-state index in [0.717, 1.165) is 17.7 Å². The van der Waals surface area contributed by atoms with E-state index in [1.807, 2.05) is 6.92 Å². The summed E-state index contributed by atoms with van der Waals surface area (Å²) in [5.41, 5.74) is 0.989. The van der Waals surface area contributed by atoms with Crippen LogP contribution in [0.15, 0.2) is 46.6 Å². The lowest BCUT2D eigenvalue weighted by atomic mass is 9.96. The number of benzene rings is 2. The summed E-state index contributed by atoms with van der Waals surface area (Å²) < 4.78 is 44.2. The number of allylic oxidation sites excluding steroid dienone is 2. The van der Waals surface area contributed by atoms with E-state index in [9.17, 15) is 23.1 Å². The second-order valence-corrected chi connectivity index (χ2v) is 7.02. The Bertz CT molecular complexity index is 933. The molecule has 0 aliphatic heterocycles. The van der Waals surface area contributed by atoms with Gasteiger partial charge in [-0.2, -0.15) is 13.2 Å². The Morgan fingerprint density at radius 3 is 2.44 bits per heavy atom. The van der Waals surface area contributed by atoms with Crippen LogP contribution in [0.25, 0.3) is 5.57 Å². The lowest BCUT2D eigenvalue weighted by Crippen LogP contribution is -2.04. The first kappa shape index (κ1) is 19.5. The molecule has 0 saturated heterocycles. The molecule has 0 aromatic heterocycles. The maximum absolute atomic E-state index is 12.8. The number of alkyl halides is 3. The first-order chi connectivity index (χ1) is 12.7. The maximum atomic E-state index is 12.8. The predicted octanol–water partition coefficient (Wildman–Crippen LogP) is 6.45. The highest BCUT2D eigenvalue weighted by Crippen LogP contribution is 2.38. The van der Waals surface area contributed by atoms with Gasteiger partial charge in [0.1, 0.15) is 17.3 Å². The summed E-state index contributed by atoms with van der Waals surface area (Å²) >= 11 is 3.10. The average Bonchev–Trinajstić information content (AvgIpc) is 2.94. The Labute approximate surface area is 162 Å². The van der Waals surface area contributed by atoms with Gasteiger partial charge in [0, 0.05) is 12.8 Å². The average molecular weight is 441 g/mol. The Morgan fingerprint density at radius 2 is 1.89 bits per heavy atom. The molecule has 3 nitrogen and oxygen atoms in total. The minimum Gasteiger partial charge on any atom is -0.512 e.